The minimum Gasteiger partial charge on any atom is -0.322 e. The molecule has 0 spiro atoms. The fraction of sp³-hybridized carbons (Fsp3) is 0.174. The fourth-order valence-electron chi connectivity index (χ4n) is 3.01. The maximum atomic E-state index is 12.9. The standard InChI is InChI=1S/C23H23ClN2O3S/c1-4-17-6-9-19(10-7-17)25-23(27)18-8-11-20(24)22(14-18)30(28,29)26-21-12-5-15(2)13-16(21)3/h5-14,26H,4H2,1-3H3,(H,25,27). The summed E-state index contributed by atoms with van der Waals surface area (Å²) in [6.45, 7) is 5.80. The van der Waals surface area contributed by atoms with E-state index in [9.17, 15) is 13.2 Å². The number of carbonyl (C=O) groups excluding carboxylic acids is 1. The average molecular weight is 443 g/mol. The van der Waals surface area contributed by atoms with E-state index >= 15 is 0 Å². The van der Waals surface area contributed by atoms with Crippen LogP contribution in [0.4, 0.5) is 11.4 Å². The Kier molecular flexibility index (Phi) is 6.48. The molecule has 0 aliphatic rings. The van der Waals surface area contributed by atoms with Gasteiger partial charge in [-0.15, -0.1) is 0 Å². The molecule has 0 saturated carbocycles. The second kappa shape index (κ2) is 8.90. The molecular formula is C23H23ClN2O3S. The molecule has 0 fully saturated rings. The number of hydrogen-bond donors (Lipinski definition) is 2. The van der Waals surface area contributed by atoms with Crippen LogP contribution in [0.2, 0.25) is 5.02 Å². The minimum atomic E-state index is -3.98. The van der Waals surface area contributed by atoms with Gasteiger partial charge in [-0.2, -0.15) is 0 Å². The van der Waals surface area contributed by atoms with E-state index in [-0.39, 0.29) is 15.5 Å². The van der Waals surface area contributed by atoms with Gasteiger partial charge in [-0.05, 0) is 67.8 Å². The number of anilines is 2. The highest BCUT2D eigenvalue weighted by Gasteiger charge is 2.21. The number of carbonyl (C=O) groups is 1. The Morgan fingerprint density at radius 3 is 2.30 bits per heavy atom. The van der Waals surface area contributed by atoms with Crippen LogP contribution < -0.4 is 10.0 Å². The van der Waals surface area contributed by atoms with Gasteiger partial charge in [-0.3, -0.25) is 9.52 Å². The summed E-state index contributed by atoms with van der Waals surface area (Å²) in [5.74, 6) is -0.418. The number of rotatable bonds is 6. The van der Waals surface area contributed by atoms with Crippen LogP contribution in [0.1, 0.15) is 34.0 Å². The predicted molar refractivity (Wildman–Crippen MR) is 122 cm³/mol. The van der Waals surface area contributed by atoms with Gasteiger partial charge in [0, 0.05) is 11.3 Å². The molecule has 0 aliphatic carbocycles. The Bertz CT molecular complexity index is 1190. The lowest BCUT2D eigenvalue weighted by Gasteiger charge is -2.13. The van der Waals surface area contributed by atoms with Gasteiger partial charge in [0.1, 0.15) is 4.90 Å². The van der Waals surface area contributed by atoms with Crippen molar-refractivity contribution in [3.05, 3.63) is 87.9 Å². The Labute approximate surface area is 182 Å². The van der Waals surface area contributed by atoms with Crippen molar-refractivity contribution in [3.8, 4) is 0 Å². The van der Waals surface area contributed by atoms with Crippen molar-refractivity contribution in [2.45, 2.75) is 32.1 Å². The normalized spacial score (nSPS) is 11.2. The van der Waals surface area contributed by atoms with Crippen LogP contribution in [0.15, 0.2) is 65.6 Å². The van der Waals surface area contributed by atoms with Gasteiger partial charge in [0.15, 0.2) is 0 Å². The largest absolute Gasteiger partial charge is 0.322 e. The summed E-state index contributed by atoms with van der Waals surface area (Å²) in [7, 11) is -3.98. The molecule has 1 amide bonds. The molecule has 0 aliphatic heterocycles. The van der Waals surface area contributed by atoms with Crippen molar-refractivity contribution in [1.29, 1.82) is 0 Å². The van der Waals surface area contributed by atoms with Crippen molar-refractivity contribution in [3.63, 3.8) is 0 Å². The molecule has 7 heteroatoms. The molecule has 3 rings (SSSR count). The molecule has 0 heterocycles. The van der Waals surface area contributed by atoms with Gasteiger partial charge in [0.05, 0.1) is 10.7 Å². The van der Waals surface area contributed by atoms with Crippen molar-refractivity contribution < 1.29 is 13.2 Å². The molecule has 3 aromatic carbocycles. The van der Waals surface area contributed by atoms with Crippen molar-refractivity contribution in [1.82, 2.24) is 0 Å². The van der Waals surface area contributed by atoms with E-state index in [1.165, 1.54) is 18.2 Å². The SMILES string of the molecule is CCc1ccc(NC(=O)c2ccc(Cl)c(S(=O)(=O)Nc3ccc(C)cc3C)c2)cc1. The molecule has 3 aromatic rings. The van der Waals surface area contributed by atoms with Crippen LogP contribution in [0, 0.1) is 13.8 Å². The van der Waals surface area contributed by atoms with E-state index < -0.39 is 15.9 Å². The first-order chi connectivity index (χ1) is 14.2. The highest BCUT2D eigenvalue weighted by atomic mass is 35.5. The second-order valence-corrected chi connectivity index (χ2v) is 9.13. The summed E-state index contributed by atoms with van der Waals surface area (Å²) in [5, 5.41) is 2.81. The van der Waals surface area contributed by atoms with Gasteiger partial charge in [-0.1, -0.05) is 48.4 Å². The number of benzene rings is 3. The van der Waals surface area contributed by atoms with Crippen LogP contribution in [0.3, 0.4) is 0 Å². The Morgan fingerprint density at radius 2 is 1.67 bits per heavy atom. The Balaban J connectivity index is 1.86. The molecule has 2 N–H and O–H groups in total. The summed E-state index contributed by atoms with van der Waals surface area (Å²) in [6.07, 6.45) is 0.903. The third-order valence-corrected chi connectivity index (χ3v) is 6.58. The smallest absolute Gasteiger partial charge is 0.263 e. The third-order valence-electron chi connectivity index (χ3n) is 4.73. The first-order valence-corrected chi connectivity index (χ1v) is 11.4. The Hall–Kier alpha value is -2.83. The molecule has 0 unspecified atom stereocenters. The Morgan fingerprint density at radius 1 is 0.967 bits per heavy atom. The van der Waals surface area contributed by atoms with Gasteiger partial charge in [-0.25, -0.2) is 8.42 Å². The maximum absolute atomic E-state index is 12.9. The van der Waals surface area contributed by atoms with Crippen molar-refractivity contribution in [2.24, 2.45) is 0 Å². The summed E-state index contributed by atoms with van der Waals surface area (Å²) >= 11 is 6.16. The van der Waals surface area contributed by atoms with E-state index in [2.05, 4.69) is 17.0 Å². The molecule has 5 nitrogen and oxygen atoms in total. The zero-order valence-corrected chi connectivity index (χ0v) is 18.6. The number of sulfonamides is 1. The molecule has 0 atom stereocenters. The van der Waals surface area contributed by atoms with Gasteiger partial charge in [0.25, 0.3) is 15.9 Å². The summed E-state index contributed by atoms with van der Waals surface area (Å²) in [6, 6.07) is 17.1. The summed E-state index contributed by atoms with van der Waals surface area (Å²) in [4.78, 5) is 12.5. The highest BCUT2D eigenvalue weighted by Crippen LogP contribution is 2.27. The number of amides is 1. The van der Waals surface area contributed by atoms with E-state index in [0.29, 0.717) is 11.4 Å². The van der Waals surface area contributed by atoms with Crippen LogP contribution >= 0.6 is 11.6 Å². The van der Waals surface area contributed by atoms with E-state index in [0.717, 1.165) is 23.1 Å². The number of hydrogen-bond acceptors (Lipinski definition) is 3. The molecule has 0 saturated heterocycles. The number of halogens is 1. The lowest BCUT2D eigenvalue weighted by Crippen LogP contribution is -2.17. The lowest BCUT2D eigenvalue weighted by molar-refractivity contribution is 0.102. The quantitative estimate of drug-likeness (QED) is 0.523. The zero-order valence-electron chi connectivity index (χ0n) is 17.0. The first kappa shape index (κ1) is 21.9. The fourth-order valence-corrected chi connectivity index (χ4v) is 4.66. The zero-order chi connectivity index (χ0) is 21.9. The average Bonchev–Trinajstić information content (AvgIpc) is 2.71. The van der Waals surface area contributed by atoms with Crippen molar-refractivity contribution >= 4 is 38.9 Å². The minimum absolute atomic E-state index is 0.0381. The number of nitrogens with one attached hydrogen (secondary N) is 2. The third kappa shape index (κ3) is 5.01. The summed E-state index contributed by atoms with van der Waals surface area (Å²) in [5.41, 5.74) is 4.26. The predicted octanol–water partition coefficient (Wildman–Crippen LogP) is 5.57. The van der Waals surface area contributed by atoms with E-state index in [1.807, 2.05) is 50.2 Å². The lowest BCUT2D eigenvalue weighted by atomic mass is 10.1. The van der Waals surface area contributed by atoms with E-state index in [1.54, 1.807) is 6.07 Å². The van der Waals surface area contributed by atoms with E-state index in [4.69, 9.17) is 11.6 Å². The van der Waals surface area contributed by atoms with Crippen molar-refractivity contribution in [2.75, 3.05) is 10.0 Å². The van der Waals surface area contributed by atoms with Gasteiger partial charge in [0.2, 0.25) is 0 Å². The monoisotopic (exact) mass is 442 g/mol. The molecule has 0 aromatic heterocycles. The second-order valence-electron chi connectivity index (χ2n) is 7.07. The van der Waals surface area contributed by atoms with Gasteiger partial charge >= 0.3 is 0 Å². The maximum Gasteiger partial charge on any atom is 0.263 e. The van der Waals surface area contributed by atoms with Gasteiger partial charge < -0.3 is 5.32 Å². The van der Waals surface area contributed by atoms with Crippen LogP contribution in [0.5, 0.6) is 0 Å². The molecule has 30 heavy (non-hydrogen) atoms. The van der Waals surface area contributed by atoms with Crippen LogP contribution in [-0.2, 0) is 16.4 Å². The van der Waals surface area contributed by atoms with Crippen LogP contribution in [0.25, 0.3) is 0 Å². The molecule has 0 bridgehead atoms. The topological polar surface area (TPSA) is 75.3 Å². The molecular weight excluding hydrogens is 420 g/mol. The number of aryl methyl sites for hydroxylation is 3. The molecule has 0 radical (unpaired) electrons. The molecule has 156 valence electrons. The summed E-state index contributed by atoms with van der Waals surface area (Å²) < 4.78 is 28.4. The highest BCUT2D eigenvalue weighted by molar-refractivity contribution is 7.92. The first-order valence-electron chi connectivity index (χ1n) is 9.49. The van der Waals surface area contributed by atoms with Crippen LogP contribution in [-0.4, -0.2) is 14.3 Å².